The minimum absolute atomic E-state index is 0.773. The summed E-state index contributed by atoms with van der Waals surface area (Å²) in [5.74, 6) is 0.937. The number of ether oxygens (including phenoxy) is 1. The maximum Gasteiger partial charge on any atom is 0.127 e. The van der Waals surface area contributed by atoms with Crippen LogP contribution in [-0.2, 0) is 0 Å². The minimum Gasteiger partial charge on any atom is -0.493 e. The van der Waals surface area contributed by atoms with Crippen LogP contribution in [0.4, 0.5) is 0 Å². The van der Waals surface area contributed by atoms with Gasteiger partial charge >= 0.3 is 0 Å². The quantitative estimate of drug-likeness (QED) is 0.674. The van der Waals surface area contributed by atoms with Crippen LogP contribution in [0.2, 0.25) is 0 Å². The van der Waals surface area contributed by atoms with E-state index in [0.717, 1.165) is 30.8 Å². The van der Waals surface area contributed by atoms with Crippen LogP contribution < -0.4 is 4.74 Å². The molecule has 0 atom stereocenters. The third-order valence-electron chi connectivity index (χ3n) is 2.89. The number of hydrogen-bond acceptors (Lipinski definition) is 1. The van der Waals surface area contributed by atoms with Crippen LogP contribution in [0.5, 0.6) is 5.75 Å². The molecule has 0 amide bonds. The SMILES string of the molecule is C=Cc1c(OCCCC)ccc2ccccc12. The molecule has 0 radical (unpaired) electrons. The van der Waals surface area contributed by atoms with E-state index < -0.39 is 0 Å². The van der Waals surface area contributed by atoms with E-state index in [1.54, 1.807) is 0 Å². The Balaban J connectivity index is 2.39. The predicted octanol–water partition coefficient (Wildman–Crippen LogP) is 4.66. The van der Waals surface area contributed by atoms with Crippen molar-refractivity contribution in [3.8, 4) is 5.75 Å². The molecular weight excluding hydrogens is 208 g/mol. The molecule has 0 aliphatic carbocycles. The molecule has 0 spiro atoms. The lowest BCUT2D eigenvalue weighted by Gasteiger charge is -2.11. The van der Waals surface area contributed by atoms with Gasteiger partial charge in [0.2, 0.25) is 0 Å². The normalized spacial score (nSPS) is 10.4. The summed E-state index contributed by atoms with van der Waals surface area (Å²) >= 11 is 0. The Kier molecular flexibility index (Phi) is 3.81. The van der Waals surface area contributed by atoms with E-state index in [2.05, 4.69) is 31.7 Å². The van der Waals surface area contributed by atoms with Crippen molar-refractivity contribution in [3.05, 3.63) is 48.5 Å². The van der Waals surface area contributed by atoms with Crippen molar-refractivity contribution in [2.24, 2.45) is 0 Å². The molecule has 0 fully saturated rings. The highest BCUT2D eigenvalue weighted by Crippen LogP contribution is 2.29. The van der Waals surface area contributed by atoms with E-state index in [1.807, 2.05) is 24.3 Å². The number of fused-ring (bicyclic) bond motifs is 1. The Hall–Kier alpha value is -1.76. The molecule has 17 heavy (non-hydrogen) atoms. The van der Waals surface area contributed by atoms with Crippen LogP contribution in [0, 0.1) is 0 Å². The van der Waals surface area contributed by atoms with Crippen LogP contribution in [0.3, 0.4) is 0 Å². The van der Waals surface area contributed by atoms with E-state index >= 15 is 0 Å². The van der Waals surface area contributed by atoms with Gasteiger partial charge in [0.1, 0.15) is 5.75 Å². The summed E-state index contributed by atoms with van der Waals surface area (Å²) in [4.78, 5) is 0. The maximum absolute atomic E-state index is 5.81. The second-order valence-corrected chi connectivity index (χ2v) is 4.10. The van der Waals surface area contributed by atoms with Crippen molar-refractivity contribution in [2.45, 2.75) is 19.8 Å². The van der Waals surface area contributed by atoms with E-state index in [0.29, 0.717) is 0 Å². The van der Waals surface area contributed by atoms with Gasteiger partial charge in [0.05, 0.1) is 6.61 Å². The molecule has 0 saturated carbocycles. The molecule has 0 heterocycles. The van der Waals surface area contributed by atoms with E-state index in [-0.39, 0.29) is 0 Å². The van der Waals surface area contributed by atoms with Gasteiger partial charge in [0.15, 0.2) is 0 Å². The zero-order valence-electron chi connectivity index (χ0n) is 10.3. The molecule has 0 unspecified atom stereocenters. The van der Waals surface area contributed by atoms with Gasteiger partial charge in [-0.1, -0.05) is 56.3 Å². The van der Waals surface area contributed by atoms with Crippen LogP contribution in [-0.4, -0.2) is 6.61 Å². The maximum atomic E-state index is 5.81. The highest BCUT2D eigenvalue weighted by molar-refractivity contribution is 5.92. The molecule has 88 valence electrons. The summed E-state index contributed by atoms with van der Waals surface area (Å²) < 4.78 is 5.81. The third-order valence-corrected chi connectivity index (χ3v) is 2.89. The third kappa shape index (κ3) is 2.50. The lowest BCUT2D eigenvalue weighted by molar-refractivity contribution is 0.309. The second-order valence-electron chi connectivity index (χ2n) is 4.10. The van der Waals surface area contributed by atoms with Gasteiger partial charge in [-0.3, -0.25) is 0 Å². The molecule has 0 bridgehead atoms. The van der Waals surface area contributed by atoms with E-state index in [4.69, 9.17) is 4.74 Å². The monoisotopic (exact) mass is 226 g/mol. The van der Waals surface area contributed by atoms with Gasteiger partial charge in [-0.2, -0.15) is 0 Å². The highest BCUT2D eigenvalue weighted by Gasteiger charge is 2.05. The second kappa shape index (κ2) is 5.53. The van der Waals surface area contributed by atoms with Crippen molar-refractivity contribution in [1.82, 2.24) is 0 Å². The molecule has 0 aliphatic rings. The van der Waals surface area contributed by atoms with Gasteiger partial charge in [-0.25, -0.2) is 0 Å². The first-order valence-electron chi connectivity index (χ1n) is 6.13. The Morgan fingerprint density at radius 2 is 2.00 bits per heavy atom. The Bertz CT molecular complexity index is 514. The number of hydrogen-bond donors (Lipinski definition) is 0. The Labute approximate surface area is 103 Å². The first kappa shape index (κ1) is 11.7. The summed E-state index contributed by atoms with van der Waals surface area (Å²) in [6.07, 6.45) is 4.12. The zero-order chi connectivity index (χ0) is 12.1. The molecule has 2 rings (SSSR count). The van der Waals surface area contributed by atoms with Gasteiger partial charge in [0.25, 0.3) is 0 Å². The molecule has 0 aliphatic heterocycles. The lowest BCUT2D eigenvalue weighted by Crippen LogP contribution is -1.98. The molecule has 0 saturated heterocycles. The Morgan fingerprint density at radius 1 is 1.18 bits per heavy atom. The zero-order valence-corrected chi connectivity index (χ0v) is 10.3. The fraction of sp³-hybridized carbons (Fsp3) is 0.250. The van der Waals surface area contributed by atoms with Gasteiger partial charge in [-0.15, -0.1) is 0 Å². The van der Waals surface area contributed by atoms with Crippen LogP contribution in [0.25, 0.3) is 16.8 Å². The summed E-state index contributed by atoms with van der Waals surface area (Å²) in [6.45, 7) is 6.83. The van der Waals surface area contributed by atoms with Crippen LogP contribution >= 0.6 is 0 Å². The molecule has 0 aromatic heterocycles. The molecule has 2 aromatic carbocycles. The molecule has 1 heteroatoms. The van der Waals surface area contributed by atoms with Crippen molar-refractivity contribution < 1.29 is 4.74 Å². The van der Waals surface area contributed by atoms with Crippen LogP contribution in [0.15, 0.2) is 43.0 Å². The van der Waals surface area contributed by atoms with Crippen molar-refractivity contribution >= 4 is 16.8 Å². The minimum atomic E-state index is 0.773. The molecule has 1 nitrogen and oxygen atoms in total. The number of unbranched alkanes of at least 4 members (excludes halogenated alkanes) is 1. The fourth-order valence-corrected chi connectivity index (χ4v) is 1.94. The summed E-state index contributed by atoms with van der Waals surface area (Å²) in [6, 6.07) is 12.5. The summed E-state index contributed by atoms with van der Waals surface area (Å²) in [5, 5.41) is 2.43. The van der Waals surface area contributed by atoms with Gasteiger partial charge in [-0.05, 0) is 23.3 Å². The molecule has 0 N–H and O–H groups in total. The summed E-state index contributed by atoms with van der Waals surface area (Å²) in [5.41, 5.74) is 1.10. The average molecular weight is 226 g/mol. The van der Waals surface area contributed by atoms with Crippen molar-refractivity contribution in [3.63, 3.8) is 0 Å². The standard InChI is InChI=1S/C16H18O/c1-3-5-12-17-16-11-10-13-8-6-7-9-15(13)14(16)4-2/h4,6-11H,2-3,5,12H2,1H3. The Morgan fingerprint density at radius 3 is 2.76 bits per heavy atom. The first-order valence-corrected chi connectivity index (χ1v) is 6.13. The topological polar surface area (TPSA) is 9.23 Å². The largest absolute Gasteiger partial charge is 0.493 e. The van der Waals surface area contributed by atoms with Crippen molar-refractivity contribution in [2.75, 3.05) is 6.61 Å². The van der Waals surface area contributed by atoms with Crippen LogP contribution in [0.1, 0.15) is 25.3 Å². The van der Waals surface area contributed by atoms with E-state index in [9.17, 15) is 0 Å². The van der Waals surface area contributed by atoms with Crippen molar-refractivity contribution in [1.29, 1.82) is 0 Å². The summed E-state index contributed by atoms with van der Waals surface area (Å²) in [7, 11) is 0. The number of benzene rings is 2. The molecule has 2 aromatic rings. The van der Waals surface area contributed by atoms with E-state index in [1.165, 1.54) is 10.8 Å². The number of rotatable bonds is 5. The predicted molar refractivity (Wildman–Crippen MR) is 74.4 cm³/mol. The first-order chi connectivity index (χ1) is 8.36. The van der Waals surface area contributed by atoms with Gasteiger partial charge < -0.3 is 4.74 Å². The lowest BCUT2D eigenvalue weighted by atomic mass is 10.0. The smallest absolute Gasteiger partial charge is 0.127 e. The van der Waals surface area contributed by atoms with Gasteiger partial charge in [0, 0.05) is 5.56 Å². The fourth-order valence-electron chi connectivity index (χ4n) is 1.94. The highest BCUT2D eigenvalue weighted by atomic mass is 16.5. The average Bonchev–Trinajstić information content (AvgIpc) is 2.38. The molecular formula is C16H18O.